The van der Waals surface area contributed by atoms with Crippen LogP contribution in [-0.2, 0) is 6.42 Å². The molecule has 0 aliphatic rings. The number of aromatic nitrogens is 3. The predicted octanol–water partition coefficient (Wildman–Crippen LogP) is 2.79. The first-order valence-electron chi connectivity index (χ1n) is 6.44. The summed E-state index contributed by atoms with van der Waals surface area (Å²) in [4.78, 5) is 8.39. The van der Waals surface area contributed by atoms with Gasteiger partial charge < -0.3 is 9.84 Å². The van der Waals surface area contributed by atoms with E-state index in [0.29, 0.717) is 18.1 Å². The molecule has 5 heteroatoms. The van der Waals surface area contributed by atoms with Crippen LogP contribution in [0.4, 0.5) is 5.69 Å². The summed E-state index contributed by atoms with van der Waals surface area (Å²) in [6, 6.07) is 13.8. The van der Waals surface area contributed by atoms with E-state index >= 15 is 0 Å². The van der Waals surface area contributed by atoms with Crippen molar-refractivity contribution in [3.05, 3.63) is 60.7 Å². The molecule has 0 saturated heterocycles. The third kappa shape index (κ3) is 3.00. The van der Waals surface area contributed by atoms with E-state index in [4.69, 9.17) is 4.52 Å². The van der Waals surface area contributed by atoms with Crippen LogP contribution in [-0.4, -0.2) is 21.7 Å². The zero-order valence-corrected chi connectivity index (χ0v) is 10.9. The maximum absolute atomic E-state index is 5.23. The standard InChI is InChI=1S/C15H14N4O/c1-2-6-13(7-3-1)17-10-8-14-18-15(19-20-14)12-5-4-9-16-11-12/h1-7,9,11,17H,8,10H2. The number of rotatable bonds is 5. The summed E-state index contributed by atoms with van der Waals surface area (Å²) < 4.78 is 5.23. The van der Waals surface area contributed by atoms with Gasteiger partial charge in [-0.25, -0.2) is 0 Å². The van der Waals surface area contributed by atoms with Crippen LogP contribution in [0.15, 0.2) is 59.4 Å². The minimum atomic E-state index is 0.577. The predicted molar refractivity (Wildman–Crippen MR) is 76.2 cm³/mol. The fraction of sp³-hybridized carbons (Fsp3) is 0.133. The molecule has 3 aromatic rings. The average molecular weight is 266 g/mol. The molecular formula is C15H14N4O. The summed E-state index contributed by atoms with van der Waals surface area (Å²) in [7, 11) is 0. The number of benzene rings is 1. The molecule has 0 spiro atoms. The van der Waals surface area contributed by atoms with Crippen LogP contribution < -0.4 is 5.32 Å². The highest BCUT2D eigenvalue weighted by Gasteiger charge is 2.07. The molecule has 0 fully saturated rings. The van der Waals surface area contributed by atoms with E-state index in [9.17, 15) is 0 Å². The molecule has 100 valence electrons. The molecule has 0 bridgehead atoms. The quantitative estimate of drug-likeness (QED) is 0.769. The SMILES string of the molecule is c1ccc(NCCc2nc(-c3cccnc3)no2)cc1. The first-order chi connectivity index (χ1) is 9.92. The fourth-order valence-electron chi connectivity index (χ4n) is 1.84. The average Bonchev–Trinajstić information content (AvgIpc) is 2.98. The Hall–Kier alpha value is -2.69. The minimum Gasteiger partial charge on any atom is -0.385 e. The number of anilines is 1. The van der Waals surface area contributed by atoms with Gasteiger partial charge in [-0.05, 0) is 24.3 Å². The molecule has 0 radical (unpaired) electrons. The van der Waals surface area contributed by atoms with Crippen LogP contribution in [0.3, 0.4) is 0 Å². The number of hydrogen-bond donors (Lipinski definition) is 1. The van der Waals surface area contributed by atoms with Gasteiger partial charge >= 0.3 is 0 Å². The Balaban J connectivity index is 1.58. The molecule has 0 saturated carbocycles. The second-order valence-electron chi connectivity index (χ2n) is 4.30. The van der Waals surface area contributed by atoms with Gasteiger partial charge in [0.1, 0.15) is 0 Å². The Morgan fingerprint density at radius 2 is 1.95 bits per heavy atom. The lowest BCUT2D eigenvalue weighted by molar-refractivity contribution is 0.381. The van der Waals surface area contributed by atoms with Crippen LogP contribution in [0.25, 0.3) is 11.4 Å². The van der Waals surface area contributed by atoms with Gasteiger partial charge in [-0.3, -0.25) is 4.98 Å². The number of nitrogens with zero attached hydrogens (tertiary/aromatic N) is 3. The minimum absolute atomic E-state index is 0.577. The normalized spacial score (nSPS) is 10.4. The van der Waals surface area contributed by atoms with Gasteiger partial charge in [0.15, 0.2) is 0 Å². The second kappa shape index (κ2) is 5.97. The number of hydrogen-bond acceptors (Lipinski definition) is 5. The molecule has 1 aromatic carbocycles. The smallest absolute Gasteiger partial charge is 0.228 e. The topological polar surface area (TPSA) is 63.8 Å². The zero-order valence-electron chi connectivity index (χ0n) is 10.9. The highest BCUT2D eigenvalue weighted by molar-refractivity contribution is 5.51. The van der Waals surface area contributed by atoms with Crippen LogP contribution in [0.1, 0.15) is 5.89 Å². The Morgan fingerprint density at radius 1 is 1.05 bits per heavy atom. The summed E-state index contributed by atoms with van der Waals surface area (Å²) >= 11 is 0. The van der Waals surface area contributed by atoms with Crippen molar-refractivity contribution in [2.45, 2.75) is 6.42 Å². The third-order valence-electron chi connectivity index (χ3n) is 2.83. The highest BCUT2D eigenvalue weighted by Crippen LogP contribution is 2.14. The molecule has 0 amide bonds. The molecule has 20 heavy (non-hydrogen) atoms. The maximum Gasteiger partial charge on any atom is 0.228 e. The van der Waals surface area contributed by atoms with E-state index < -0.39 is 0 Å². The summed E-state index contributed by atoms with van der Waals surface area (Å²) in [6.07, 6.45) is 4.12. The highest BCUT2D eigenvalue weighted by atomic mass is 16.5. The number of pyridine rings is 1. The summed E-state index contributed by atoms with van der Waals surface area (Å²) in [6.45, 7) is 0.749. The van der Waals surface area contributed by atoms with Gasteiger partial charge in [-0.1, -0.05) is 23.4 Å². The molecule has 0 aliphatic heterocycles. The first-order valence-corrected chi connectivity index (χ1v) is 6.44. The van der Waals surface area contributed by atoms with Gasteiger partial charge in [0.05, 0.1) is 0 Å². The van der Waals surface area contributed by atoms with Crippen molar-refractivity contribution < 1.29 is 4.52 Å². The Labute approximate surface area is 116 Å². The Bertz CT molecular complexity index is 652. The monoisotopic (exact) mass is 266 g/mol. The lowest BCUT2D eigenvalue weighted by Crippen LogP contribution is -2.04. The van der Waals surface area contributed by atoms with Gasteiger partial charge in [-0.2, -0.15) is 4.98 Å². The molecule has 5 nitrogen and oxygen atoms in total. The van der Waals surface area contributed by atoms with E-state index in [0.717, 1.165) is 17.8 Å². The van der Waals surface area contributed by atoms with Crippen LogP contribution in [0, 0.1) is 0 Å². The number of nitrogens with one attached hydrogen (secondary N) is 1. The summed E-state index contributed by atoms with van der Waals surface area (Å²) in [5.41, 5.74) is 1.94. The van der Waals surface area contributed by atoms with Crippen LogP contribution >= 0.6 is 0 Å². The van der Waals surface area contributed by atoms with E-state index in [1.165, 1.54) is 0 Å². The summed E-state index contributed by atoms with van der Waals surface area (Å²) in [5.74, 6) is 1.19. The van der Waals surface area contributed by atoms with Crippen LogP contribution in [0.2, 0.25) is 0 Å². The lowest BCUT2D eigenvalue weighted by atomic mass is 10.3. The van der Waals surface area contributed by atoms with Gasteiger partial charge in [0, 0.05) is 36.6 Å². The molecule has 0 unspecified atom stereocenters. The van der Waals surface area contributed by atoms with Crippen molar-refractivity contribution in [2.75, 3.05) is 11.9 Å². The summed E-state index contributed by atoms with van der Waals surface area (Å²) in [5, 5.41) is 7.26. The van der Waals surface area contributed by atoms with Crippen molar-refractivity contribution in [2.24, 2.45) is 0 Å². The van der Waals surface area contributed by atoms with E-state index in [1.54, 1.807) is 12.4 Å². The van der Waals surface area contributed by atoms with E-state index in [-0.39, 0.29) is 0 Å². The van der Waals surface area contributed by atoms with Crippen LogP contribution in [0.5, 0.6) is 0 Å². The molecule has 0 aliphatic carbocycles. The zero-order chi connectivity index (χ0) is 13.6. The van der Waals surface area contributed by atoms with Crippen molar-refractivity contribution in [3.8, 4) is 11.4 Å². The van der Waals surface area contributed by atoms with E-state index in [1.807, 2.05) is 42.5 Å². The Kier molecular flexibility index (Phi) is 3.68. The van der Waals surface area contributed by atoms with Crippen molar-refractivity contribution in [1.82, 2.24) is 15.1 Å². The maximum atomic E-state index is 5.23. The molecule has 2 heterocycles. The van der Waals surface area contributed by atoms with E-state index in [2.05, 4.69) is 20.4 Å². The molecular weight excluding hydrogens is 252 g/mol. The molecule has 1 N–H and O–H groups in total. The fourth-order valence-corrected chi connectivity index (χ4v) is 1.84. The first kappa shape index (κ1) is 12.3. The lowest BCUT2D eigenvalue weighted by Gasteiger charge is -2.02. The van der Waals surface area contributed by atoms with Crippen molar-refractivity contribution in [1.29, 1.82) is 0 Å². The largest absolute Gasteiger partial charge is 0.385 e. The molecule has 0 atom stereocenters. The van der Waals surface area contributed by atoms with Gasteiger partial charge in [0.25, 0.3) is 0 Å². The second-order valence-corrected chi connectivity index (χ2v) is 4.30. The number of para-hydroxylation sites is 1. The van der Waals surface area contributed by atoms with Crippen molar-refractivity contribution in [3.63, 3.8) is 0 Å². The van der Waals surface area contributed by atoms with Gasteiger partial charge in [-0.15, -0.1) is 0 Å². The Morgan fingerprint density at radius 3 is 2.75 bits per heavy atom. The third-order valence-corrected chi connectivity index (χ3v) is 2.83. The van der Waals surface area contributed by atoms with Gasteiger partial charge in [0.2, 0.25) is 11.7 Å². The molecule has 3 rings (SSSR count). The van der Waals surface area contributed by atoms with Crippen molar-refractivity contribution >= 4 is 5.69 Å². The molecule has 2 aromatic heterocycles.